The fourth-order valence-corrected chi connectivity index (χ4v) is 6.34. The summed E-state index contributed by atoms with van der Waals surface area (Å²) in [4.78, 5) is 0. The van der Waals surface area contributed by atoms with E-state index in [0.717, 1.165) is 69.6 Å². The summed E-state index contributed by atoms with van der Waals surface area (Å²) >= 11 is 0. The van der Waals surface area contributed by atoms with E-state index in [1.165, 1.54) is 0 Å². The highest BCUT2D eigenvalue weighted by molar-refractivity contribution is 5.59. The number of hydrogen-bond acceptors (Lipinski definition) is 6. The van der Waals surface area contributed by atoms with Crippen LogP contribution in [0.25, 0.3) is 0 Å². The fraction of sp³-hybridized carbons (Fsp3) is 0.400. The molecule has 0 aromatic heterocycles. The predicted octanol–water partition coefficient (Wildman–Crippen LogP) is 9.63. The molecule has 0 spiro atoms. The van der Waals surface area contributed by atoms with Gasteiger partial charge in [-0.15, -0.1) is 0 Å². The Morgan fingerprint density at radius 1 is 0.565 bits per heavy atom. The summed E-state index contributed by atoms with van der Waals surface area (Å²) in [5.41, 5.74) is 3.63. The Kier molecular flexibility index (Phi) is 9.08. The number of ether oxygens (including phenoxy) is 6. The summed E-state index contributed by atoms with van der Waals surface area (Å²) in [7, 11) is 0. The topological polar surface area (TPSA) is 55.4 Å². The zero-order chi connectivity index (χ0) is 32.3. The lowest BCUT2D eigenvalue weighted by atomic mass is 9.75. The second kappa shape index (κ2) is 13.2. The second-order valence-corrected chi connectivity index (χ2v) is 14.1. The van der Waals surface area contributed by atoms with Crippen LogP contribution < -0.4 is 28.4 Å². The van der Waals surface area contributed by atoms with Crippen LogP contribution in [0, 0.1) is 0 Å². The number of benzene rings is 4. The van der Waals surface area contributed by atoms with Gasteiger partial charge in [-0.05, 0) is 65.5 Å². The molecule has 4 aromatic rings. The molecule has 0 radical (unpaired) electrons. The molecule has 0 amide bonds. The monoisotopic (exact) mass is 622 g/mol. The molecule has 2 atom stereocenters. The molecule has 0 N–H and O–H groups in total. The summed E-state index contributed by atoms with van der Waals surface area (Å²) < 4.78 is 38.6. The van der Waals surface area contributed by atoms with E-state index in [1.807, 2.05) is 102 Å². The predicted molar refractivity (Wildman–Crippen MR) is 181 cm³/mol. The van der Waals surface area contributed by atoms with Crippen LogP contribution >= 0.6 is 0 Å². The van der Waals surface area contributed by atoms with Gasteiger partial charge in [0.25, 0.3) is 0 Å². The number of fused-ring (bicyclic) bond motifs is 2. The fourth-order valence-electron chi connectivity index (χ4n) is 6.34. The second-order valence-electron chi connectivity index (χ2n) is 14.1. The summed E-state index contributed by atoms with van der Waals surface area (Å²) in [6.07, 6.45) is 1.69. The van der Waals surface area contributed by atoms with Crippen molar-refractivity contribution < 1.29 is 28.4 Å². The first-order chi connectivity index (χ1) is 22.0. The molecule has 0 aliphatic carbocycles. The summed E-state index contributed by atoms with van der Waals surface area (Å²) in [5.74, 6) is 4.91. The van der Waals surface area contributed by atoms with Crippen LogP contribution in [0.3, 0.4) is 0 Å². The highest BCUT2D eigenvalue weighted by Gasteiger charge is 2.39. The van der Waals surface area contributed by atoms with Crippen molar-refractivity contribution in [3.63, 3.8) is 0 Å². The minimum Gasteiger partial charge on any atom is -0.493 e. The first-order valence-corrected chi connectivity index (χ1v) is 16.4. The summed E-state index contributed by atoms with van der Waals surface area (Å²) in [6, 6.07) is 28.6. The van der Waals surface area contributed by atoms with Gasteiger partial charge in [0.1, 0.15) is 58.9 Å². The lowest BCUT2D eigenvalue weighted by Crippen LogP contribution is -2.27. The first-order valence-electron chi connectivity index (χ1n) is 16.4. The Hall–Kier alpha value is -4.32. The van der Waals surface area contributed by atoms with E-state index in [2.05, 4.69) is 24.3 Å². The average Bonchev–Trinajstić information content (AvgIpc) is 3.01. The normalized spacial score (nSPS) is 17.5. The molecule has 0 unspecified atom stereocenters. The van der Waals surface area contributed by atoms with Gasteiger partial charge in [0.05, 0.1) is 13.2 Å². The quantitative estimate of drug-likeness (QED) is 0.185. The van der Waals surface area contributed by atoms with Crippen LogP contribution in [0.15, 0.2) is 84.9 Å². The molecule has 6 rings (SSSR count). The van der Waals surface area contributed by atoms with E-state index < -0.39 is 0 Å². The maximum Gasteiger partial charge on any atom is 0.130 e. The largest absolute Gasteiger partial charge is 0.493 e. The third kappa shape index (κ3) is 7.72. The van der Waals surface area contributed by atoms with Crippen LogP contribution in [0.2, 0.25) is 0 Å². The van der Waals surface area contributed by atoms with E-state index in [-0.39, 0.29) is 23.0 Å². The third-order valence-corrected chi connectivity index (χ3v) is 8.08. The molecule has 0 bridgehead atoms. The van der Waals surface area contributed by atoms with Crippen molar-refractivity contribution >= 4 is 0 Å². The van der Waals surface area contributed by atoms with Crippen molar-refractivity contribution in [2.45, 2.75) is 90.6 Å². The van der Waals surface area contributed by atoms with Crippen molar-refractivity contribution in [1.29, 1.82) is 0 Å². The van der Waals surface area contributed by atoms with Gasteiger partial charge in [-0.3, -0.25) is 0 Å². The summed E-state index contributed by atoms with van der Waals surface area (Å²) in [5, 5.41) is 0. The highest BCUT2D eigenvalue weighted by Crippen LogP contribution is 2.55. The molecule has 4 aromatic carbocycles. The molecule has 0 fully saturated rings. The maximum atomic E-state index is 6.62. The van der Waals surface area contributed by atoms with Crippen molar-refractivity contribution in [3.8, 4) is 34.5 Å². The van der Waals surface area contributed by atoms with Crippen molar-refractivity contribution in [2.75, 3.05) is 13.2 Å². The van der Waals surface area contributed by atoms with Crippen LogP contribution in [-0.4, -0.2) is 24.4 Å². The zero-order valence-electron chi connectivity index (χ0n) is 27.9. The minimum absolute atomic E-state index is 0.120. The Morgan fingerprint density at radius 3 is 1.33 bits per heavy atom. The standard InChI is InChI=1S/C40H46O6/c1-39(2,3)45-29-21-33-37(35(23-29)43-25-27-13-9-7-10-14-27)31(17-19-41-33)32-18-20-42-34-22-30(46-40(4,5)6)24-36(38(32)34)44-26-28-15-11-8-12-16-28/h7-16,21-24,31-32H,17-20,25-26H2,1-6H3/t31-,32+. The van der Waals surface area contributed by atoms with Crippen LogP contribution in [0.1, 0.15) is 88.5 Å². The van der Waals surface area contributed by atoms with Crippen molar-refractivity contribution in [1.82, 2.24) is 0 Å². The molecule has 0 saturated heterocycles. The van der Waals surface area contributed by atoms with E-state index in [9.17, 15) is 0 Å². The average molecular weight is 623 g/mol. The smallest absolute Gasteiger partial charge is 0.130 e. The lowest BCUT2D eigenvalue weighted by Gasteiger charge is -2.38. The molecule has 242 valence electrons. The number of hydrogen-bond donors (Lipinski definition) is 0. The lowest BCUT2D eigenvalue weighted by molar-refractivity contribution is 0.127. The van der Waals surface area contributed by atoms with Gasteiger partial charge >= 0.3 is 0 Å². The SMILES string of the molecule is CC(C)(C)Oc1cc2c(c(OCc3ccccc3)c1)[C@H]([C@H]1CCOc3cc(OC(C)(C)C)cc(OCc4ccccc4)c31)CCO2. The molecule has 2 aliphatic heterocycles. The van der Waals surface area contributed by atoms with Gasteiger partial charge in [0.2, 0.25) is 0 Å². The minimum atomic E-state index is -0.365. The molecule has 2 aliphatic rings. The third-order valence-electron chi connectivity index (χ3n) is 8.08. The van der Waals surface area contributed by atoms with E-state index in [4.69, 9.17) is 28.4 Å². The first kappa shape index (κ1) is 31.7. The zero-order valence-corrected chi connectivity index (χ0v) is 27.9. The molecular formula is C40H46O6. The van der Waals surface area contributed by atoms with Gasteiger partial charge < -0.3 is 28.4 Å². The molecular weight excluding hydrogens is 576 g/mol. The Bertz CT molecular complexity index is 1500. The van der Waals surface area contributed by atoms with Gasteiger partial charge in [0.15, 0.2) is 0 Å². The van der Waals surface area contributed by atoms with E-state index in [1.54, 1.807) is 0 Å². The Morgan fingerprint density at radius 2 is 0.957 bits per heavy atom. The van der Waals surface area contributed by atoms with Gasteiger partial charge in [-0.25, -0.2) is 0 Å². The van der Waals surface area contributed by atoms with Crippen molar-refractivity contribution in [3.05, 3.63) is 107 Å². The molecule has 6 heteroatoms. The number of rotatable bonds is 9. The van der Waals surface area contributed by atoms with Crippen LogP contribution in [0.4, 0.5) is 0 Å². The molecule has 6 nitrogen and oxygen atoms in total. The van der Waals surface area contributed by atoms with E-state index >= 15 is 0 Å². The Balaban J connectivity index is 1.42. The van der Waals surface area contributed by atoms with Crippen LogP contribution in [-0.2, 0) is 13.2 Å². The molecule has 2 heterocycles. The van der Waals surface area contributed by atoms with E-state index in [0.29, 0.717) is 26.4 Å². The van der Waals surface area contributed by atoms with Gasteiger partial charge in [-0.2, -0.15) is 0 Å². The highest BCUT2D eigenvalue weighted by atomic mass is 16.5. The molecule has 0 saturated carbocycles. The summed E-state index contributed by atoms with van der Waals surface area (Å²) in [6.45, 7) is 14.4. The van der Waals surface area contributed by atoms with Gasteiger partial charge in [0, 0.05) is 47.2 Å². The van der Waals surface area contributed by atoms with Gasteiger partial charge in [-0.1, -0.05) is 60.7 Å². The maximum absolute atomic E-state index is 6.62. The van der Waals surface area contributed by atoms with Crippen LogP contribution in [0.5, 0.6) is 34.5 Å². The van der Waals surface area contributed by atoms with Crippen molar-refractivity contribution in [2.24, 2.45) is 0 Å². The Labute approximate surface area is 273 Å². The molecule has 46 heavy (non-hydrogen) atoms.